The van der Waals surface area contributed by atoms with E-state index in [1.807, 2.05) is 36.4 Å². The highest BCUT2D eigenvalue weighted by Crippen LogP contribution is 2.23. The first kappa shape index (κ1) is 17.0. The van der Waals surface area contributed by atoms with E-state index in [1.54, 1.807) is 6.21 Å². The number of rotatable bonds is 5. The molecule has 1 aliphatic heterocycles. The van der Waals surface area contributed by atoms with Crippen molar-refractivity contribution in [2.24, 2.45) is 5.10 Å². The number of hydrogen-bond acceptors (Lipinski definition) is 4. The van der Waals surface area contributed by atoms with E-state index in [2.05, 4.69) is 15.8 Å². The predicted octanol–water partition coefficient (Wildman–Crippen LogP) is 3.58. The zero-order chi connectivity index (χ0) is 16.8. The molecule has 0 saturated carbocycles. The number of halogens is 1. The number of ether oxygens (including phenoxy) is 1. The fraction of sp³-hybridized carbons (Fsp3) is 0.294. The van der Waals surface area contributed by atoms with Crippen LogP contribution in [0.4, 0.5) is 0 Å². The molecule has 0 aliphatic carbocycles. The molecule has 1 saturated heterocycles. The van der Waals surface area contributed by atoms with Gasteiger partial charge in [-0.15, -0.1) is 0 Å². The van der Waals surface area contributed by atoms with Crippen LogP contribution in [0, 0.1) is 0 Å². The first-order valence-corrected chi connectivity index (χ1v) is 8.53. The SMILES string of the molecule is S=C(NCC1CCCO1)NN=Cc1ccc(-c2ccc(Cl)cc2)o1. The molecule has 1 unspecified atom stereocenters. The first-order valence-electron chi connectivity index (χ1n) is 7.75. The lowest BCUT2D eigenvalue weighted by Crippen LogP contribution is -2.37. The van der Waals surface area contributed by atoms with Crippen LogP contribution in [0.1, 0.15) is 18.6 Å². The molecule has 5 nitrogen and oxygen atoms in total. The number of nitrogens with one attached hydrogen (secondary N) is 2. The first-order chi connectivity index (χ1) is 11.7. The molecule has 3 rings (SSSR count). The lowest BCUT2D eigenvalue weighted by molar-refractivity contribution is 0.114. The van der Waals surface area contributed by atoms with Gasteiger partial charge < -0.3 is 14.5 Å². The maximum absolute atomic E-state index is 5.88. The summed E-state index contributed by atoms with van der Waals surface area (Å²) < 4.78 is 11.2. The number of nitrogens with zero attached hydrogens (tertiary/aromatic N) is 1. The summed E-state index contributed by atoms with van der Waals surface area (Å²) in [5, 5.41) is 8.32. The van der Waals surface area contributed by atoms with E-state index in [0.29, 0.717) is 22.4 Å². The van der Waals surface area contributed by atoms with Crippen molar-refractivity contribution in [3.8, 4) is 11.3 Å². The van der Waals surface area contributed by atoms with Crippen molar-refractivity contribution >= 4 is 35.1 Å². The van der Waals surface area contributed by atoms with Gasteiger partial charge in [0.1, 0.15) is 11.5 Å². The van der Waals surface area contributed by atoms with Crippen molar-refractivity contribution in [2.75, 3.05) is 13.2 Å². The number of furan rings is 1. The molecular weight excluding hydrogens is 346 g/mol. The molecule has 1 atom stereocenters. The van der Waals surface area contributed by atoms with Crippen molar-refractivity contribution in [3.63, 3.8) is 0 Å². The maximum Gasteiger partial charge on any atom is 0.187 e. The van der Waals surface area contributed by atoms with Gasteiger partial charge in [0.2, 0.25) is 0 Å². The Hall–Kier alpha value is -1.89. The molecule has 0 amide bonds. The Morgan fingerprint density at radius 2 is 2.12 bits per heavy atom. The third-order valence-corrected chi connectivity index (χ3v) is 4.12. The lowest BCUT2D eigenvalue weighted by Gasteiger charge is -2.11. The Kier molecular flexibility index (Phi) is 5.85. The van der Waals surface area contributed by atoms with E-state index in [1.165, 1.54) is 0 Å². The van der Waals surface area contributed by atoms with Crippen molar-refractivity contribution in [1.82, 2.24) is 10.7 Å². The Morgan fingerprint density at radius 3 is 2.88 bits per heavy atom. The third-order valence-electron chi connectivity index (χ3n) is 3.63. The van der Waals surface area contributed by atoms with Gasteiger partial charge in [-0.2, -0.15) is 5.10 Å². The Balaban J connectivity index is 1.48. The summed E-state index contributed by atoms with van der Waals surface area (Å²) in [7, 11) is 0. The summed E-state index contributed by atoms with van der Waals surface area (Å²) in [6, 6.07) is 11.2. The molecule has 1 aliphatic rings. The van der Waals surface area contributed by atoms with Crippen LogP contribution in [-0.4, -0.2) is 30.6 Å². The molecule has 0 spiro atoms. The monoisotopic (exact) mass is 363 g/mol. The Labute approximate surface area is 151 Å². The molecule has 1 aromatic heterocycles. The average molecular weight is 364 g/mol. The summed E-state index contributed by atoms with van der Waals surface area (Å²) >= 11 is 11.0. The van der Waals surface area contributed by atoms with E-state index in [4.69, 9.17) is 33.0 Å². The zero-order valence-corrected chi connectivity index (χ0v) is 14.6. The maximum atomic E-state index is 5.88. The minimum atomic E-state index is 0.237. The molecule has 7 heteroatoms. The van der Waals surface area contributed by atoms with E-state index in [9.17, 15) is 0 Å². The van der Waals surface area contributed by atoms with Gasteiger partial charge >= 0.3 is 0 Å². The number of hydrogen-bond donors (Lipinski definition) is 2. The highest BCUT2D eigenvalue weighted by Gasteiger charge is 2.15. The summed E-state index contributed by atoms with van der Waals surface area (Å²) in [5.41, 5.74) is 3.73. The summed E-state index contributed by atoms with van der Waals surface area (Å²) in [6.07, 6.45) is 4.00. The summed E-state index contributed by atoms with van der Waals surface area (Å²) in [5.74, 6) is 1.39. The van der Waals surface area contributed by atoms with Crippen LogP contribution in [0.15, 0.2) is 45.9 Å². The van der Waals surface area contributed by atoms with Crippen molar-refractivity contribution < 1.29 is 9.15 Å². The molecule has 2 aromatic rings. The predicted molar refractivity (Wildman–Crippen MR) is 99.5 cm³/mol. The summed E-state index contributed by atoms with van der Waals surface area (Å²) in [4.78, 5) is 0. The molecule has 2 heterocycles. The number of thiocarbonyl (C=S) groups is 1. The number of benzene rings is 1. The Bertz CT molecular complexity index is 709. The molecule has 24 heavy (non-hydrogen) atoms. The van der Waals surface area contributed by atoms with Gasteiger partial charge in [-0.25, -0.2) is 0 Å². The van der Waals surface area contributed by atoms with Crippen LogP contribution in [0.5, 0.6) is 0 Å². The van der Waals surface area contributed by atoms with Crippen LogP contribution in [0.2, 0.25) is 5.02 Å². The summed E-state index contributed by atoms with van der Waals surface area (Å²) in [6.45, 7) is 1.53. The van der Waals surface area contributed by atoms with Gasteiger partial charge in [0.25, 0.3) is 0 Å². The molecule has 0 bridgehead atoms. The normalized spacial score (nSPS) is 17.3. The molecule has 126 valence electrons. The van der Waals surface area contributed by atoms with E-state index in [0.717, 1.165) is 30.8 Å². The van der Waals surface area contributed by atoms with Crippen LogP contribution in [0.25, 0.3) is 11.3 Å². The minimum absolute atomic E-state index is 0.237. The number of hydrazone groups is 1. The van der Waals surface area contributed by atoms with Crippen LogP contribution in [0.3, 0.4) is 0 Å². The Morgan fingerprint density at radius 1 is 1.29 bits per heavy atom. The van der Waals surface area contributed by atoms with Gasteiger partial charge in [-0.3, -0.25) is 5.43 Å². The fourth-order valence-corrected chi connectivity index (χ4v) is 2.66. The lowest BCUT2D eigenvalue weighted by atomic mass is 10.2. The van der Waals surface area contributed by atoms with Gasteiger partial charge in [-0.05, 0) is 61.5 Å². The molecule has 2 N–H and O–H groups in total. The second-order valence-corrected chi connectivity index (χ2v) is 6.27. The molecular formula is C17H18ClN3O2S. The highest BCUT2D eigenvalue weighted by atomic mass is 35.5. The second-order valence-electron chi connectivity index (χ2n) is 5.42. The smallest absolute Gasteiger partial charge is 0.187 e. The largest absolute Gasteiger partial charge is 0.455 e. The van der Waals surface area contributed by atoms with Crippen molar-refractivity contribution in [3.05, 3.63) is 47.2 Å². The quantitative estimate of drug-likeness (QED) is 0.483. The third kappa shape index (κ3) is 4.80. The van der Waals surface area contributed by atoms with Crippen molar-refractivity contribution in [1.29, 1.82) is 0 Å². The standard InChI is InChI=1S/C17H18ClN3O2S/c18-13-5-3-12(4-6-13)16-8-7-15(23-16)11-20-21-17(24)19-10-14-2-1-9-22-14/h3-8,11,14H,1-2,9-10H2,(H2,19,21,24). The van der Waals surface area contributed by atoms with Crippen molar-refractivity contribution in [2.45, 2.75) is 18.9 Å². The topological polar surface area (TPSA) is 58.8 Å². The zero-order valence-electron chi connectivity index (χ0n) is 13.0. The van der Waals surface area contributed by atoms with Gasteiger partial charge in [0, 0.05) is 23.7 Å². The fourth-order valence-electron chi connectivity index (χ4n) is 2.40. The van der Waals surface area contributed by atoms with Crippen LogP contribution in [-0.2, 0) is 4.74 Å². The molecule has 1 fully saturated rings. The van der Waals surface area contributed by atoms with E-state index >= 15 is 0 Å². The second kappa shape index (κ2) is 8.28. The van der Waals surface area contributed by atoms with Crippen LogP contribution < -0.4 is 10.7 Å². The minimum Gasteiger partial charge on any atom is -0.455 e. The van der Waals surface area contributed by atoms with Gasteiger partial charge in [0.05, 0.1) is 12.3 Å². The highest BCUT2D eigenvalue weighted by molar-refractivity contribution is 7.80. The molecule has 1 aromatic carbocycles. The molecule has 0 radical (unpaired) electrons. The average Bonchev–Trinajstić information content (AvgIpc) is 3.25. The van der Waals surface area contributed by atoms with E-state index in [-0.39, 0.29) is 6.10 Å². The van der Waals surface area contributed by atoms with E-state index < -0.39 is 0 Å². The van der Waals surface area contributed by atoms with Crippen LogP contribution >= 0.6 is 23.8 Å². The van der Waals surface area contributed by atoms with Gasteiger partial charge in [-0.1, -0.05) is 11.6 Å². The van der Waals surface area contributed by atoms with Gasteiger partial charge in [0.15, 0.2) is 5.11 Å².